The molecule has 0 radical (unpaired) electrons. The quantitative estimate of drug-likeness (QED) is 0.849. The highest BCUT2D eigenvalue weighted by Gasteiger charge is 2.35. The molecule has 0 saturated carbocycles. The van der Waals surface area contributed by atoms with E-state index in [9.17, 15) is 0 Å². The molecule has 19 heavy (non-hydrogen) atoms. The predicted molar refractivity (Wildman–Crippen MR) is 75.6 cm³/mol. The van der Waals surface area contributed by atoms with Crippen molar-refractivity contribution in [3.05, 3.63) is 30.4 Å². The van der Waals surface area contributed by atoms with E-state index in [0.29, 0.717) is 5.92 Å². The number of piperidine rings is 1. The summed E-state index contributed by atoms with van der Waals surface area (Å²) < 4.78 is 0. The summed E-state index contributed by atoms with van der Waals surface area (Å²) in [5.74, 6) is 1.46. The maximum absolute atomic E-state index is 4.56. The van der Waals surface area contributed by atoms with E-state index in [1.165, 1.54) is 25.0 Å². The van der Waals surface area contributed by atoms with Crippen molar-refractivity contribution < 1.29 is 0 Å². The van der Waals surface area contributed by atoms with Crippen molar-refractivity contribution in [3.63, 3.8) is 0 Å². The highest BCUT2D eigenvalue weighted by Crippen LogP contribution is 2.43. The number of nitrogens with one attached hydrogen (secondary N) is 1. The summed E-state index contributed by atoms with van der Waals surface area (Å²) in [6, 6.07) is 2.09. The maximum atomic E-state index is 4.56. The molecule has 98 valence electrons. The van der Waals surface area contributed by atoms with Gasteiger partial charge in [-0.3, -0.25) is 0 Å². The van der Waals surface area contributed by atoms with Crippen molar-refractivity contribution in [2.24, 2.45) is 11.8 Å². The lowest BCUT2D eigenvalue weighted by molar-refractivity contribution is 0.187. The van der Waals surface area contributed by atoms with Gasteiger partial charge in [-0.15, -0.1) is 0 Å². The van der Waals surface area contributed by atoms with Crippen LogP contribution in [0.1, 0.15) is 18.5 Å². The highest BCUT2D eigenvalue weighted by molar-refractivity contribution is 5.89. The normalized spacial score (nSPS) is 27.5. The van der Waals surface area contributed by atoms with Crippen LogP contribution in [0, 0.1) is 11.8 Å². The standard InChI is InChI=1S/C15H18N4/c1-19-7-5-10-2-3-11(13(10)8-19)14-12-4-6-16-15(12)18-9-17-14/h3-4,6,9-10,13H,2,5,7-8H2,1H3,(H,16,17,18). The third-order valence-electron chi connectivity index (χ3n) is 4.63. The topological polar surface area (TPSA) is 44.8 Å². The summed E-state index contributed by atoms with van der Waals surface area (Å²) in [7, 11) is 2.22. The zero-order valence-corrected chi connectivity index (χ0v) is 11.1. The van der Waals surface area contributed by atoms with E-state index >= 15 is 0 Å². The predicted octanol–water partition coefficient (Wildman–Crippen LogP) is 2.31. The van der Waals surface area contributed by atoms with Gasteiger partial charge in [-0.1, -0.05) is 6.08 Å². The van der Waals surface area contributed by atoms with Crippen LogP contribution in [-0.4, -0.2) is 40.0 Å². The van der Waals surface area contributed by atoms with E-state index in [-0.39, 0.29) is 0 Å². The molecule has 2 unspecified atom stereocenters. The molecule has 0 spiro atoms. The van der Waals surface area contributed by atoms with E-state index in [1.807, 2.05) is 6.20 Å². The van der Waals surface area contributed by atoms with Crippen molar-refractivity contribution in [2.75, 3.05) is 20.1 Å². The molecular weight excluding hydrogens is 236 g/mol. The monoisotopic (exact) mass is 254 g/mol. The van der Waals surface area contributed by atoms with Crippen LogP contribution in [0.15, 0.2) is 24.7 Å². The Hall–Kier alpha value is -1.68. The van der Waals surface area contributed by atoms with Gasteiger partial charge >= 0.3 is 0 Å². The SMILES string of the molecule is CN1CCC2CC=C(c3ncnc4[nH]ccc34)C2C1. The van der Waals surface area contributed by atoms with Crippen molar-refractivity contribution >= 4 is 16.6 Å². The van der Waals surface area contributed by atoms with Crippen LogP contribution in [0.2, 0.25) is 0 Å². The average molecular weight is 254 g/mol. The van der Waals surface area contributed by atoms with E-state index in [4.69, 9.17) is 0 Å². The van der Waals surface area contributed by atoms with Crippen LogP contribution in [-0.2, 0) is 0 Å². The van der Waals surface area contributed by atoms with Crippen molar-refractivity contribution in [1.82, 2.24) is 19.9 Å². The Labute approximate surface area is 112 Å². The molecule has 1 aliphatic carbocycles. The molecule has 1 saturated heterocycles. The number of allylic oxidation sites excluding steroid dienone is 1. The number of hydrogen-bond donors (Lipinski definition) is 1. The number of H-pyrrole nitrogens is 1. The Balaban J connectivity index is 1.78. The van der Waals surface area contributed by atoms with E-state index in [0.717, 1.165) is 29.2 Å². The molecule has 1 fully saturated rings. The first kappa shape index (κ1) is 11.2. The molecule has 2 aromatic heterocycles. The number of likely N-dealkylation sites (tertiary alicyclic amines) is 1. The Morgan fingerprint density at radius 2 is 2.32 bits per heavy atom. The Bertz CT molecular complexity index is 642. The average Bonchev–Trinajstić information content (AvgIpc) is 3.03. The summed E-state index contributed by atoms with van der Waals surface area (Å²) in [6.07, 6.45) is 8.55. The molecule has 2 atom stereocenters. The number of nitrogens with zero attached hydrogens (tertiary/aromatic N) is 3. The number of fused-ring (bicyclic) bond motifs is 2. The fraction of sp³-hybridized carbons (Fsp3) is 0.467. The first-order valence-corrected chi connectivity index (χ1v) is 7.00. The van der Waals surface area contributed by atoms with Crippen molar-refractivity contribution in [3.8, 4) is 0 Å². The third kappa shape index (κ3) is 1.70. The number of hydrogen-bond acceptors (Lipinski definition) is 3. The lowest BCUT2D eigenvalue weighted by Gasteiger charge is -2.34. The van der Waals surface area contributed by atoms with Gasteiger partial charge in [-0.05, 0) is 44.0 Å². The second-order valence-corrected chi connectivity index (χ2v) is 5.77. The lowest BCUT2D eigenvalue weighted by Crippen LogP contribution is -2.36. The second-order valence-electron chi connectivity index (χ2n) is 5.77. The van der Waals surface area contributed by atoms with Crippen LogP contribution in [0.4, 0.5) is 0 Å². The molecular formula is C15H18N4. The first-order chi connectivity index (χ1) is 9.33. The maximum Gasteiger partial charge on any atom is 0.141 e. The molecule has 4 rings (SSSR count). The Morgan fingerprint density at radius 3 is 3.26 bits per heavy atom. The molecule has 1 N–H and O–H groups in total. The molecule has 0 amide bonds. The summed E-state index contributed by atoms with van der Waals surface area (Å²) in [4.78, 5) is 14.5. The largest absolute Gasteiger partial charge is 0.346 e. The zero-order valence-electron chi connectivity index (χ0n) is 11.1. The van der Waals surface area contributed by atoms with Gasteiger partial charge in [-0.25, -0.2) is 9.97 Å². The van der Waals surface area contributed by atoms with E-state index < -0.39 is 0 Å². The molecule has 4 nitrogen and oxygen atoms in total. The van der Waals surface area contributed by atoms with Crippen LogP contribution in [0.5, 0.6) is 0 Å². The van der Waals surface area contributed by atoms with Crippen molar-refractivity contribution in [2.45, 2.75) is 12.8 Å². The van der Waals surface area contributed by atoms with Gasteiger partial charge in [0.05, 0.1) is 5.69 Å². The zero-order chi connectivity index (χ0) is 12.8. The van der Waals surface area contributed by atoms with Gasteiger partial charge < -0.3 is 9.88 Å². The lowest BCUT2D eigenvalue weighted by atomic mass is 9.83. The number of aromatic amines is 1. The smallest absolute Gasteiger partial charge is 0.141 e. The summed E-state index contributed by atoms with van der Waals surface area (Å²) >= 11 is 0. The Kier molecular flexibility index (Phi) is 2.45. The van der Waals surface area contributed by atoms with E-state index in [2.05, 4.69) is 39.0 Å². The minimum absolute atomic E-state index is 0.645. The van der Waals surface area contributed by atoms with Crippen LogP contribution in [0.3, 0.4) is 0 Å². The summed E-state index contributed by atoms with van der Waals surface area (Å²) in [5.41, 5.74) is 3.51. The molecule has 2 aliphatic rings. The van der Waals surface area contributed by atoms with Gasteiger partial charge in [0.2, 0.25) is 0 Å². The molecule has 0 aromatic carbocycles. The summed E-state index contributed by atoms with van der Waals surface area (Å²) in [6.45, 7) is 2.39. The third-order valence-corrected chi connectivity index (χ3v) is 4.63. The van der Waals surface area contributed by atoms with Gasteiger partial charge in [0.15, 0.2) is 0 Å². The molecule has 0 bridgehead atoms. The van der Waals surface area contributed by atoms with Crippen LogP contribution in [0.25, 0.3) is 16.6 Å². The Morgan fingerprint density at radius 1 is 1.37 bits per heavy atom. The fourth-order valence-electron chi connectivity index (χ4n) is 3.60. The second kappa shape index (κ2) is 4.17. The van der Waals surface area contributed by atoms with Gasteiger partial charge in [-0.2, -0.15) is 0 Å². The van der Waals surface area contributed by atoms with Gasteiger partial charge in [0, 0.05) is 24.0 Å². The molecule has 4 heteroatoms. The van der Waals surface area contributed by atoms with Crippen molar-refractivity contribution in [1.29, 1.82) is 0 Å². The van der Waals surface area contributed by atoms with Crippen LogP contribution < -0.4 is 0 Å². The fourth-order valence-corrected chi connectivity index (χ4v) is 3.60. The first-order valence-electron chi connectivity index (χ1n) is 7.00. The number of rotatable bonds is 1. The van der Waals surface area contributed by atoms with Gasteiger partial charge in [0.25, 0.3) is 0 Å². The highest BCUT2D eigenvalue weighted by atomic mass is 15.1. The molecule has 2 aromatic rings. The molecule has 1 aliphatic heterocycles. The molecule has 3 heterocycles. The summed E-state index contributed by atoms with van der Waals surface area (Å²) in [5, 5.41) is 1.16. The minimum atomic E-state index is 0.645. The number of aromatic nitrogens is 3. The van der Waals surface area contributed by atoms with Crippen LogP contribution >= 0.6 is 0 Å². The van der Waals surface area contributed by atoms with E-state index in [1.54, 1.807) is 6.33 Å². The minimum Gasteiger partial charge on any atom is -0.346 e. The van der Waals surface area contributed by atoms with Gasteiger partial charge in [0.1, 0.15) is 12.0 Å².